The Kier molecular flexibility index (Phi) is 5.00. The zero-order valence-corrected chi connectivity index (χ0v) is 14.4. The predicted molar refractivity (Wildman–Crippen MR) is 93.2 cm³/mol. The molecule has 0 aliphatic carbocycles. The number of pyridine rings is 1. The summed E-state index contributed by atoms with van der Waals surface area (Å²) in [4.78, 5) is 14.0. The van der Waals surface area contributed by atoms with E-state index in [4.69, 9.17) is 4.74 Å². The number of carbonyl (C=O) groups excluding carboxylic acids is 1. The van der Waals surface area contributed by atoms with E-state index in [1.165, 1.54) is 11.8 Å². The fraction of sp³-hybridized carbons (Fsp3) is 0.235. The summed E-state index contributed by atoms with van der Waals surface area (Å²) >= 11 is 1.38. The maximum Gasteiger partial charge on any atom is 0.233 e. The summed E-state index contributed by atoms with van der Waals surface area (Å²) in [5.74, 6) is 1.14. The van der Waals surface area contributed by atoms with E-state index in [0.29, 0.717) is 17.5 Å². The highest BCUT2D eigenvalue weighted by atomic mass is 32.2. The molecule has 2 heterocycles. The number of hydrogen-bond donors (Lipinski definition) is 0. The van der Waals surface area contributed by atoms with Gasteiger partial charge in [-0.3, -0.25) is 9.20 Å². The van der Waals surface area contributed by atoms with Crippen LogP contribution in [0.15, 0.2) is 53.8 Å². The van der Waals surface area contributed by atoms with E-state index in [1.54, 1.807) is 19.1 Å². The van der Waals surface area contributed by atoms with Gasteiger partial charge in [0.1, 0.15) is 5.75 Å². The molecule has 0 atom stereocenters. The number of ether oxygens (including phenoxy) is 1. The molecule has 0 unspecified atom stereocenters. The average molecular weight is 342 g/mol. The third-order valence-corrected chi connectivity index (χ3v) is 4.51. The molecular weight excluding hydrogens is 324 g/mol. The molecule has 0 saturated heterocycles. The van der Waals surface area contributed by atoms with Crippen LogP contribution in [-0.4, -0.2) is 45.3 Å². The molecule has 24 heavy (non-hydrogen) atoms. The lowest BCUT2D eigenvalue weighted by molar-refractivity contribution is -0.127. The van der Waals surface area contributed by atoms with Crippen molar-refractivity contribution in [2.45, 2.75) is 11.7 Å². The second-order valence-electron chi connectivity index (χ2n) is 5.30. The summed E-state index contributed by atoms with van der Waals surface area (Å²) in [6, 6.07) is 13.4. The number of methoxy groups -OCH3 is 1. The molecular formula is C17H18N4O2S. The topological polar surface area (TPSA) is 59.7 Å². The van der Waals surface area contributed by atoms with E-state index in [2.05, 4.69) is 10.2 Å². The smallest absolute Gasteiger partial charge is 0.233 e. The zero-order chi connectivity index (χ0) is 16.9. The lowest BCUT2D eigenvalue weighted by atomic mass is 10.2. The SMILES string of the molecule is COc1cccc(CN(C)C(=O)CSc2nnc3ccccn23)c1. The maximum absolute atomic E-state index is 12.3. The molecule has 124 valence electrons. The summed E-state index contributed by atoms with van der Waals surface area (Å²) in [6.07, 6.45) is 1.89. The standard InChI is InChI=1S/C17H18N4O2S/c1-20(11-13-6-5-7-14(10-13)23-2)16(22)12-24-17-19-18-15-8-3-4-9-21(15)17/h3-10H,11-12H2,1-2H3. The molecule has 2 aromatic heterocycles. The Morgan fingerprint density at radius 3 is 2.96 bits per heavy atom. The number of rotatable bonds is 6. The van der Waals surface area contributed by atoms with E-state index in [1.807, 2.05) is 53.1 Å². The van der Waals surface area contributed by atoms with Crippen molar-refractivity contribution >= 4 is 23.3 Å². The average Bonchev–Trinajstić information content (AvgIpc) is 3.03. The van der Waals surface area contributed by atoms with Crippen LogP contribution in [0.1, 0.15) is 5.56 Å². The van der Waals surface area contributed by atoms with Crippen LogP contribution in [0.4, 0.5) is 0 Å². The van der Waals surface area contributed by atoms with Gasteiger partial charge in [0.25, 0.3) is 0 Å². The lowest BCUT2D eigenvalue weighted by Crippen LogP contribution is -2.27. The van der Waals surface area contributed by atoms with Gasteiger partial charge in [-0.2, -0.15) is 0 Å². The summed E-state index contributed by atoms with van der Waals surface area (Å²) in [5.41, 5.74) is 1.81. The van der Waals surface area contributed by atoms with Crippen molar-refractivity contribution in [3.8, 4) is 5.75 Å². The first-order valence-corrected chi connectivity index (χ1v) is 8.45. The Morgan fingerprint density at radius 2 is 2.12 bits per heavy atom. The molecule has 0 radical (unpaired) electrons. The molecule has 7 heteroatoms. The molecule has 6 nitrogen and oxygen atoms in total. The van der Waals surface area contributed by atoms with Crippen molar-refractivity contribution < 1.29 is 9.53 Å². The molecule has 3 rings (SSSR count). The minimum absolute atomic E-state index is 0.0375. The van der Waals surface area contributed by atoms with Crippen LogP contribution in [0, 0.1) is 0 Å². The Morgan fingerprint density at radius 1 is 1.25 bits per heavy atom. The molecule has 0 aliphatic rings. The molecule has 1 aromatic carbocycles. The third kappa shape index (κ3) is 3.68. The summed E-state index contributed by atoms with van der Waals surface area (Å²) in [7, 11) is 3.43. The molecule has 1 amide bonds. The van der Waals surface area contributed by atoms with Gasteiger partial charge in [-0.1, -0.05) is 30.0 Å². The second-order valence-corrected chi connectivity index (χ2v) is 6.24. The van der Waals surface area contributed by atoms with Gasteiger partial charge in [0.05, 0.1) is 12.9 Å². The molecule has 0 fully saturated rings. The van der Waals surface area contributed by atoms with Gasteiger partial charge in [0.2, 0.25) is 5.91 Å². The Bertz CT molecular complexity index is 849. The van der Waals surface area contributed by atoms with E-state index < -0.39 is 0 Å². The minimum Gasteiger partial charge on any atom is -0.497 e. The van der Waals surface area contributed by atoms with Crippen molar-refractivity contribution in [1.29, 1.82) is 0 Å². The highest BCUT2D eigenvalue weighted by Crippen LogP contribution is 2.18. The number of benzene rings is 1. The molecule has 0 spiro atoms. The van der Waals surface area contributed by atoms with E-state index >= 15 is 0 Å². The van der Waals surface area contributed by atoms with Crippen molar-refractivity contribution in [3.05, 3.63) is 54.2 Å². The maximum atomic E-state index is 12.3. The van der Waals surface area contributed by atoms with Crippen LogP contribution in [0.5, 0.6) is 5.75 Å². The highest BCUT2D eigenvalue weighted by molar-refractivity contribution is 7.99. The number of hydrogen-bond acceptors (Lipinski definition) is 5. The van der Waals surface area contributed by atoms with E-state index in [9.17, 15) is 4.79 Å². The lowest BCUT2D eigenvalue weighted by Gasteiger charge is -2.17. The van der Waals surface area contributed by atoms with Crippen LogP contribution >= 0.6 is 11.8 Å². The van der Waals surface area contributed by atoms with E-state index in [-0.39, 0.29) is 5.91 Å². The monoisotopic (exact) mass is 342 g/mol. The number of fused-ring (bicyclic) bond motifs is 1. The fourth-order valence-electron chi connectivity index (χ4n) is 2.29. The first-order valence-electron chi connectivity index (χ1n) is 7.47. The molecule has 0 bridgehead atoms. The minimum atomic E-state index is 0.0375. The Balaban J connectivity index is 1.60. The normalized spacial score (nSPS) is 10.8. The number of thioether (sulfide) groups is 1. The number of nitrogens with zero attached hydrogens (tertiary/aromatic N) is 4. The fourth-order valence-corrected chi connectivity index (χ4v) is 3.15. The van der Waals surface area contributed by atoms with Crippen LogP contribution < -0.4 is 4.74 Å². The van der Waals surface area contributed by atoms with Gasteiger partial charge < -0.3 is 9.64 Å². The first kappa shape index (κ1) is 16.3. The zero-order valence-electron chi connectivity index (χ0n) is 13.5. The number of amides is 1. The number of aromatic nitrogens is 3. The first-order chi connectivity index (χ1) is 11.7. The van der Waals surface area contributed by atoms with Gasteiger partial charge in [-0.25, -0.2) is 0 Å². The number of carbonyl (C=O) groups is 1. The molecule has 3 aromatic rings. The molecule has 0 saturated carbocycles. The van der Waals surface area contributed by atoms with Crippen molar-refractivity contribution in [2.24, 2.45) is 0 Å². The van der Waals surface area contributed by atoms with Crippen molar-refractivity contribution in [3.63, 3.8) is 0 Å². The van der Waals surface area contributed by atoms with Crippen LogP contribution in [0.3, 0.4) is 0 Å². The van der Waals surface area contributed by atoms with Gasteiger partial charge >= 0.3 is 0 Å². The van der Waals surface area contributed by atoms with Gasteiger partial charge in [-0.15, -0.1) is 10.2 Å². The van der Waals surface area contributed by atoms with Crippen LogP contribution in [-0.2, 0) is 11.3 Å². The van der Waals surface area contributed by atoms with Crippen molar-refractivity contribution in [1.82, 2.24) is 19.5 Å². The van der Waals surface area contributed by atoms with Gasteiger partial charge in [0.15, 0.2) is 10.8 Å². The van der Waals surface area contributed by atoms with Crippen LogP contribution in [0.2, 0.25) is 0 Å². The second kappa shape index (κ2) is 7.35. The predicted octanol–water partition coefficient (Wildman–Crippen LogP) is 2.49. The van der Waals surface area contributed by atoms with E-state index in [0.717, 1.165) is 17.0 Å². The quantitative estimate of drug-likeness (QED) is 0.644. The molecule has 0 N–H and O–H groups in total. The van der Waals surface area contributed by atoms with Crippen molar-refractivity contribution in [2.75, 3.05) is 19.9 Å². The largest absolute Gasteiger partial charge is 0.497 e. The summed E-state index contributed by atoms with van der Waals surface area (Å²) < 4.78 is 7.08. The van der Waals surface area contributed by atoms with Gasteiger partial charge in [0, 0.05) is 19.8 Å². The van der Waals surface area contributed by atoms with Gasteiger partial charge in [-0.05, 0) is 29.8 Å². The third-order valence-electron chi connectivity index (χ3n) is 3.59. The summed E-state index contributed by atoms with van der Waals surface area (Å²) in [5, 5.41) is 8.92. The Labute approximate surface area is 144 Å². The van der Waals surface area contributed by atoms with Crippen LogP contribution in [0.25, 0.3) is 5.65 Å². The highest BCUT2D eigenvalue weighted by Gasteiger charge is 2.13. The molecule has 0 aliphatic heterocycles. The Hall–Kier alpha value is -2.54. The summed E-state index contributed by atoms with van der Waals surface area (Å²) in [6.45, 7) is 0.539.